The van der Waals surface area contributed by atoms with E-state index >= 15 is 0 Å². The minimum absolute atomic E-state index is 0.133. The maximum absolute atomic E-state index is 13.5. The van der Waals surface area contributed by atoms with Gasteiger partial charge in [0.05, 0.1) is 25.1 Å². The van der Waals surface area contributed by atoms with Crippen molar-refractivity contribution in [1.29, 1.82) is 0 Å². The zero-order chi connectivity index (χ0) is 24.1. The highest BCUT2D eigenvalue weighted by Crippen LogP contribution is 2.24. The van der Waals surface area contributed by atoms with Gasteiger partial charge >= 0.3 is 5.97 Å². The Kier molecular flexibility index (Phi) is 7.94. The predicted molar refractivity (Wildman–Crippen MR) is 121 cm³/mol. The number of esters is 1. The van der Waals surface area contributed by atoms with Gasteiger partial charge in [-0.05, 0) is 37.3 Å². The van der Waals surface area contributed by atoms with Crippen LogP contribution in [0.25, 0.3) is 0 Å². The Hall–Kier alpha value is -3.10. The van der Waals surface area contributed by atoms with E-state index in [0.29, 0.717) is 37.1 Å². The minimum atomic E-state index is -0.796. The van der Waals surface area contributed by atoms with Crippen molar-refractivity contribution >= 4 is 23.7 Å². The Morgan fingerprint density at radius 1 is 1.24 bits per heavy atom. The normalized spacial score (nSPS) is 23.2. The number of para-hydroxylation sites is 1. The first-order chi connectivity index (χ1) is 15.8. The minimum Gasteiger partial charge on any atom is -0.496 e. The van der Waals surface area contributed by atoms with Crippen molar-refractivity contribution in [1.82, 2.24) is 15.5 Å². The van der Waals surface area contributed by atoms with Crippen LogP contribution in [-0.4, -0.2) is 66.5 Å². The van der Waals surface area contributed by atoms with E-state index in [2.05, 4.69) is 10.6 Å². The number of hydrogen-bond acceptors (Lipinski definition) is 6. The third-order valence-electron chi connectivity index (χ3n) is 6.26. The number of amides is 3. The van der Waals surface area contributed by atoms with Crippen LogP contribution < -0.4 is 15.4 Å². The van der Waals surface area contributed by atoms with Crippen LogP contribution in [0.15, 0.2) is 24.3 Å². The maximum Gasteiger partial charge on any atom is 0.308 e. The van der Waals surface area contributed by atoms with Crippen molar-refractivity contribution in [2.75, 3.05) is 13.7 Å². The number of benzene rings is 1. The molecule has 2 aliphatic heterocycles. The summed E-state index contributed by atoms with van der Waals surface area (Å²) < 4.78 is 10.5. The molecule has 0 saturated carbocycles. The second-order valence-electron chi connectivity index (χ2n) is 8.84. The van der Waals surface area contributed by atoms with Crippen molar-refractivity contribution in [2.45, 2.75) is 70.7 Å². The number of hydrogen-bond donors (Lipinski definition) is 2. The van der Waals surface area contributed by atoms with Crippen LogP contribution in [0.4, 0.5) is 0 Å². The summed E-state index contributed by atoms with van der Waals surface area (Å²) in [5, 5.41) is 5.74. The summed E-state index contributed by atoms with van der Waals surface area (Å²) in [6.07, 6.45) is 1.60. The van der Waals surface area contributed by atoms with Gasteiger partial charge in [0, 0.05) is 6.54 Å². The number of methoxy groups -OCH3 is 1. The molecule has 2 fully saturated rings. The van der Waals surface area contributed by atoms with E-state index < -0.39 is 24.0 Å². The first-order valence-electron chi connectivity index (χ1n) is 11.5. The number of ether oxygens (including phenoxy) is 2. The van der Waals surface area contributed by atoms with E-state index in [-0.39, 0.29) is 36.2 Å². The standard InChI is InChI=1S/C24H33N3O6/c1-5-18-16(13-20(28)33-18)25-23(30)17-10-8-12-27(17)24(31)21(14(2)3)26-22(29)15-9-6-7-11-19(15)32-4/h6-7,9,11,14,16-18,21H,5,8,10,12-13H2,1-4H3,(H,25,30)(H,26,29)/t16-,17-,18-,21-/m0/s1. The summed E-state index contributed by atoms with van der Waals surface area (Å²) in [7, 11) is 1.48. The molecule has 9 nitrogen and oxygen atoms in total. The fraction of sp³-hybridized carbons (Fsp3) is 0.583. The maximum atomic E-state index is 13.5. The van der Waals surface area contributed by atoms with Crippen molar-refractivity contribution < 1.29 is 28.7 Å². The molecule has 180 valence electrons. The zero-order valence-electron chi connectivity index (χ0n) is 19.6. The topological polar surface area (TPSA) is 114 Å². The molecule has 9 heteroatoms. The highest BCUT2D eigenvalue weighted by molar-refractivity contribution is 6.00. The van der Waals surface area contributed by atoms with Gasteiger partial charge in [0.25, 0.3) is 5.91 Å². The van der Waals surface area contributed by atoms with Gasteiger partial charge in [0.15, 0.2) is 0 Å². The van der Waals surface area contributed by atoms with Crippen molar-refractivity contribution in [2.24, 2.45) is 5.92 Å². The van der Waals surface area contributed by atoms with E-state index in [1.807, 2.05) is 20.8 Å². The third-order valence-corrected chi connectivity index (χ3v) is 6.26. The van der Waals surface area contributed by atoms with Crippen molar-refractivity contribution in [3.05, 3.63) is 29.8 Å². The molecule has 2 heterocycles. The van der Waals surface area contributed by atoms with Gasteiger partial charge in [-0.1, -0.05) is 32.9 Å². The highest BCUT2D eigenvalue weighted by atomic mass is 16.6. The van der Waals surface area contributed by atoms with E-state index in [4.69, 9.17) is 9.47 Å². The molecule has 3 amide bonds. The first-order valence-corrected chi connectivity index (χ1v) is 11.5. The third kappa shape index (κ3) is 5.46. The van der Waals surface area contributed by atoms with Gasteiger partial charge in [-0.15, -0.1) is 0 Å². The number of cyclic esters (lactones) is 1. The number of rotatable bonds is 8. The van der Waals surface area contributed by atoms with Crippen molar-refractivity contribution in [3.8, 4) is 5.75 Å². The second-order valence-corrected chi connectivity index (χ2v) is 8.84. The molecule has 3 rings (SSSR count). The number of likely N-dealkylation sites (tertiary alicyclic amines) is 1. The van der Waals surface area contributed by atoms with Gasteiger partial charge in [-0.25, -0.2) is 0 Å². The molecular weight excluding hydrogens is 426 g/mol. The largest absolute Gasteiger partial charge is 0.496 e. The van der Waals surface area contributed by atoms with Gasteiger partial charge in [0.1, 0.15) is 23.9 Å². The summed E-state index contributed by atoms with van der Waals surface area (Å²) in [5.41, 5.74) is 0.339. The second kappa shape index (κ2) is 10.7. The molecule has 1 aromatic rings. The number of carbonyl (C=O) groups is 4. The Bertz CT molecular complexity index is 902. The van der Waals surface area contributed by atoms with Gasteiger partial charge in [-0.2, -0.15) is 0 Å². The van der Waals surface area contributed by atoms with Gasteiger partial charge in [-0.3, -0.25) is 19.2 Å². The molecule has 1 aromatic carbocycles. The molecule has 2 aliphatic rings. The van der Waals surface area contributed by atoms with Crippen LogP contribution in [0.1, 0.15) is 56.8 Å². The number of nitrogens with zero attached hydrogens (tertiary/aromatic N) is 1. The first kappa shape index (κ1) is 24.5. The van der Waals surface area contributed by atoms with Crippen LogP contribution in [-0.2, 0) is 19.1 Å². The molecule has 33 heavy (non-hydrogen) atoms. The summed E-state index contributed by atoms with van der Waals surface area (Å²) in [6.45, 7) is 6.03. The molecule has 4 atom stereocenters. The van der Waals surface area contributed by atoms with E-state index in [0.717, 1.165) is 0 Å². The molecule has 2 N–H and O–H groups in total. The highest BCUT2D eigenvalue weighted by Gasteiger charge is 2.41. The average molecular weight is 460 g/mol. The lowest BCUT2D eigenvalue weighted by atomic mass is 10.0. The van der Waals surface area contributed by atoms with Crippen LogP contribution in [0.2, 0.25) is 0 Å². The Balaban J connectivity index is 1.71. The molecule has 2 saturated heterocycles. The van der Waals surface area contributed by atoms with Crippen LogP contribution in [0.5, 0.6) is 5.75 Å². The molecule has 0 aromatic heterocycles. The Morgan fingerprint density at radius 2 is 1.97 bits per heavy atom. The molecule has 0 bridgehead atoms. The summed E-state index contributed by atoms with van der Waals surface area (Å²) in [6, 6.07) is 4.98. The Labute approximate surface area is 194 Å². The molecule has 0 unspecified atom stereocenters. The van der Waals surface area contributed by atoms with Crippen LogP contribution in [0.3, 0.4) is 0 Å². The molecule has 0 radical (unpaired) electrons. The monoisotopic (exact) mass is 459 g/mol. The SMILES string of the molecule is CC[C@@H]1OC(=O)C[C@@H]1NC(=O)[C@@H]1CCCN1C(=O)[C@@H](NC(=O)c1ccccc1OC)C(C)C. The average Bonchev–Trinajstić information content (AvgIpc) is 3.43. The van der Waals surface area contributed by atoms with Crippen LogP contribution >= 0.6 is 0 Å². The summed E-state index contributed by atoms with van der Waals surface area (Å²) in [4.78, 5) is 52.6. The fourth-order valence-corrected chi connectivity index (χ4v) is 4.45. The zero-order valence-corrected chi connectivity index (χ0v) is 19.6. The van der Waals surface area contributed by atoms with Crippen molar-refractivity contribution in [3.63, 3.8) is 0 Å². The van der Waals surface area contributed by atoms with Gasteiger partial charge < -0.3 is 25.0 Å². The quantitative estimate of drug-likeness (QED) is 0.572. The molecule has 0 spiro atoms. The lowest BCUT2D eigenvalue weighted by Crippen LogP contribution is -2.56. The molecular formula is C24H33N3O6. The van der Waals surface area contributed by atoms with Crippen LogP contribution in [0, 0.1) is 5.92 Å². The Morgan fingerprint density at radius 3 is 2.64 bits per heavy atom. The van der Waals surface area contributed by atoms with Gasteiger partial charge in [0.2, 0.25) is 11.8 Å². The van der Waals surface area contributed by atoms with E-state index in [1.54, 1.807) is 29.2 Å². The number of nitrogens with one attached hydrogen (secondary N) is 2. The lowest BCUT2D eigenvalue weighted by Gasteiger charge is -2.31. The lowest BCUT2D eigenvalue weighted by molar-refractivity contribution is -0.142. The fourth-order valence-electron chi connectivity index (χ4n) is 4.45. The van der Waals surface area contributed by atoms with E-state index in [1.165, 1.54) is 7.11 Å². The summed E-state index contributed by atoms with van der Waals surface area (Å²) >= 11 is 0. The number of carbonyl (C=O) groups excluding carboxylic acids is 4. The van der Waals surface area contributed by atoms with E-state index in [9.17, 15) is 19.2 Å². The molecule has 0 aliphatic carbocycles. The smallest absolute Gasteiger partial charge is 0.308 e. The predicted octanol–water partition coefficient (Wildman–Crippen LogP) is 1.65. The summed E-state index contributed by atoms with van der Waals surface area (Å²) in [5.74, 6) is -1.09.